The third kappa shape index (κ3) is 4.51. The van der Waals surface area contributed by atoms with Gasteiger partial charge in [-0.3, -0.25) is 4.79 Å². The van der Waals surface area contributed by atoms with E-state index in [9.17, 15) is 4.79 Å². The summed E-state index contributed by atoms with van der Waals surface area (Å²) in [6.45, 7) is 8.35. The Balaban J connectivity index is 1.36. The van der Waals surface area contributed by atoms with Crippen molar-refractivity contribution in [2.75, 3.05) is 50.0 Å². The number of carbonyl (C=O) groups is 1. The molecule has 33 heavy (non-hydrogen) atoms. The molecule has 0 radical (unpaired) electrons. The van der Waals surface area contributed by atoms with Gasteiger partial charge in [-0.2, -0.15) is 0 Å². The van der Waals surface area contributed by atoms with Crippen molar-refractivity contribution in [1.82, 2.24) is 35.1 Å². The van der Waals surface area contributed by atoms with Crippen molar-refractivity contribution < 1.29 is 4.79 Å². The second kappa shape index (κ2) is 8.43. The maximum Gasteiger partial charge on any atom is 0.229 e. The van der Waals surface area contributed by atoms with Gasteiger partial charge in [0, 0.05) is 44.5 Å². The Morgan fingerprint density at radius 3 is 2.70 bits per heavy atom. The van der Waals surface area contributed by atoms with Crippen molar-refractivity contribution >= 4 is 28.7 Å². The average molecular weight is 448 g/mol. The van der Waals surface area contributed by atoms with Crippen molar-refractivity contribution in [3.63, 3.8) is 0 Å². The number of hydrogen-bond donors (Lipinski definition) is 3. The van der Waals surface area contributed by atoms with Crippen LogP contribution in [0.15, 0.2) is 36.8 Å². The Morgan fingerprint density at radius 1 is 1.15 bits per heavy atom. The van der Waals surface area contributed by atoms with E-state index >= 15 is 0 Å². The Morgan fingerprint density at radius 2 is 1.97 bits per heavy atom. The third-order valence-electron chi connectivity index (χ3n) is 6.14. The summed E-state index contributed by atoms with van der Waals surface area (Å²) in [5.74, 6) is 1.83. The second-order valence-electron chi connectivity index (χ2n) is 9.25. The van der Waals surface area contributed by atoms with Gasteiger partial charge in [-0.15, -0.1) is 0 Å². The topological polar surface area (TPSA) is 115 Å². The lowest BCUT2D eigenvalue weighted by molar-refractivity contribution is -0.124. The van der Waals surface area contributed by atoms with Gasteiger partial charge in [-0.05, 0) is 33.0 Å². The lowest BCUT2D eigenvalue weighted by Crippen LogP contribution is -2.49. The highest BCUT2D eigenvalue weighted by molar-refractivity contribution is 5.86. The lowest BCUT2D eigenvalue weighted by Gasteiger charge is -2.33. The van der Waals surface area contributed by atoms with Crippen LogP contribution in [-0.2, 0) is 4.79 Å². The summed E-state index contributed by atoms with van der Waals surface area (Å²) >= 11 is 0. The standard InChI is InChI=1S/C23H29N9O/c1-23(2)7-6-16(22(33)30-23)13-25-20-18-21(27-14-26-18)29-19(28-20)15-4-5-17(24-12-15)32-10-8-31(3)9-11-32/h4-7,12,14,16H,8-11,13H2,1-3H3,(H,30,33)(H2,25,26,27,28,29). The monoisotopic (exact) mass is 447 g/mol. The highest BCUT2D eigenvalue weighted by atomic mass is 16.2. The van der Waals surface area contributed by atoms with E-state index in [1.54, 1.807) is 6.33 Å². The summed E-state index contributed by atoms with van der Waals surface area (Å²) in [7, 11) is 2.14. The highest BCUT2D eigenvalue weighted by Gasteiger charge is 2.27. The summed E-state index contributed by atoms with van der Waals surface area (Å²) in [4.78, 5) is 38.4. The van der Waals surface area contributed by atoms with Crippen LogP contribution in [0.3, 0.4) is 0 Å². The van der Waals surface area contributed by atoms with Crippen molar-refractivity contribution in [2.24, 2.45) is 5.92 Å². The van der Waals surface area contributed by atoms with E-state index in [1.807, 2.05) is 44.3 Å². The molecule has 0 bridgehead atoms. The smallest absolute Gasteiger partial charge is 0.229 e. The molecule has 2 aliphatic rings. The number of amides is 1. The molecule has 0 aromatic carbocycles. The van der Waals surface area contributed by atoms with Crippen LogP contribution in [0, 0.1) is 5.92 Å². The normalized spacial score (nSPS) is 20.8. The Bertz CT molecular complexity index is 1180. The number of carbonyl (C=O) groups excluding carboxylic acids is 1. The van der Waals surface area contributed by atoms with E-state index in [1.165, 1.54) is 0 Å². The minimum absolute atomic E-state index is 0.00571. The number of likely N-dealkylation sites (N-methyl/N-ethyl adjacent to an activating group) is 1. The molecule has 10 heteroatoms. The van der Waals surface area contributed by atoms with E-state index in [0.29, 0.717) is 29.4 Å². The van der Waals surface area contributed by atoms with Crippen molar-refractivity contribution in [3.8, 4) is 11.4 Å². The first-order chi connectivity index (χ1) is 15.9. The number of nitrogens with zero attached hydrogens (tertiary/aromatic N) is 6. The Kier molecular flexibility index (Phi) is 5.45. The summed E-state index contributed by atoms with van der Waals surface area (Å²) in [6, 6.07) is 4.02. The fourth-order valence-corrected chi connectivity index (χ4v) is 4.09. The first kappa shape index (κ1) is 21.3. The third-order valence-corrected chi connectivity index (χ3v) is 6.14. The van der Waals surface area contributed by atoms with Crippen LogP contribution < -0.4 is 15.5 Å². The lowest BCUT2D eigenvalue weighted by atomic mass is 9.94. The van der Waals surface area contributed by atoms with Gasteiger partial charge in [0.2, 0.25) is 5.91 Å². The van der Waals surface area contributed by atoms with Gasteiger partial charge in [0.05, 0.1) is 17.8 Å². The number of aromatic nitrogens is 5. The van der Waals surface area contributed by atoms with Crippen LogP contribution in [0.2, 0.25) is 0 Å². The molecule has 5 heterocycles. The van der Waals surface area contributed by atoms with E-state index in [0.717, 1.165) is 37.6 Å². The molecule has 0 spiro atoms. The molecule has 1 amide bonds. The van der Waals surface area contributed by atoms with Gasteiger partial charge in [-0.1, -0.05) is 12.2 Å². The summed E-state index contributed by atoms with van der Waals surface area (Å²) in [5.41, 5.74) is 1.77. The van der Waals surface area contributed by atoms with Crippen LogP contribution >= 0.6 is 0 Å². The average Bonchev–Trinajstić information content (AvgIpc) is 3.27. The molecule has 3 aromatic heterocycles. The number of rotatable bonds is 5. The fraction of sp³-hybridized carbons (Fsp3) is 0.435. The van der Waals surface area contributed by atoms with Gasteiger partial charge in [0.15, 0.2) is 17.3 Å². The zero-order chi connectivity index (χ0) is 23.0. The van der Waals surface area contributed by atoms with Crippen LogP contribution in [0.1, 0.15) is 13.8 Å². The quantitative estimate of drug-likeness (QED) is 0.506. The van der Waals surface area contributed by atoms with Crippen molar-refractivity contribution in [3.05, 3.63) is 36.8 Å². The number of anilines is 2. The largest absolute Gasteiger partial charge is 0.367 e. The maximum atomic E-state index is 12.4. The zero-order valence-corrected chi connectivity index (χ0v) is 19.2. The van der Waals surface area contributed by atoms with Gasteiger partial charge >= 0.3 is 0 Å². The molecule has 1 fully saturated rings. The van der Waals surface area contributed by atoms with Crippen molar-refractivity contribution in [1.29, 1.82) is 0 Å². The zero-order valence-electron chi connectivity index (χ0n) is 19.2. The van der Waals surface area contributed by atoms with E-state index in [-0.39, 0.29) is 17.4 Å². The van der Waals surface area contributed by atoms with E-state index in [4.69, 9.17) is 4.98 Å². The number of fused-ring (bicyclic) bond motifs is 1. The molecule has 5 rings (SSSR count). The van der Waals surface area contributed by atoms with Gasteiger partial charge in [-0.25, -0.2) is 19.9 Å². The summed E-state index contributed by atoms with van der Waals surface area (Å²) in [5, 5.41) is 6.32. The minimum Gasteiger partial charge on any atom is -0.367 e. The predicted molar refractivity (Wildman–Crippen MR) is 128 cm³/mol. The van der Waals surface area contributed by atoms with Crippen LogP contribution in [0.25, 0.3) is 22.6 Å². The number of piperazine rings is 1. The minimum atomic E-state index is -0.324. The fourth-order valence-electron chi connectivity index (χ4n) is 4.09. The van der Waals surface area contributed by atoms with Crippen LogP contribution in [0.5, 0.6) is 0 Å². The molecular weight excluding hydrogens is 418 g/mol. The first-order valence-electron chi connectivity index (χ1n) is 11.2. The molecular formula is C23H29N9O. The molecule has 1 unspecified atom stereocenters. The molecule has 0 saturated carbocycles. The molecule has 172 valence electrons. The highest BCUT2D eigenvalue weighted by Crippen LogP contribution is 2.25. The van der Waals surface area contributed by atoms with E-state index in [2.05, 4.69) is 47.4 Å². The summed E-state index contributed by atoms with van der Waals surface area (Å²) < 4.78 is 0. The number of aromatic amines is 1. The molecule has 1 atom stereocenters. The maximum absolute atomic E-state index is 12.4. The molecule has 10 nitrogen and oxygen atoms in total. The number of H-pyrrole nitrogens is 1. The number of pyridine rings is 1. The molecule has 3 N–H and O–H groups in total. The van der Waals surface area contributed by atoms with Crippen LogP contribution in [0.4, 0.5) is 11.6 Å². The van der Waals surface area contributed by atoms with Gasteiger partial charge in [0.1, 0.15) is 11.3 Å². The molecule has 2 aliphatic heterocycles. The SMILES string of the molecule is CN1CCN(c2ccc(-c3nc(NCC4C=CC(C)(C)NC4=O)c4[nH]cnc4n3)cn2)CC1. The molecule has 3 aromatic rings. The predicted octanol–water partition coefficient (Wildman–Crippen LogP) is 1.66. The number of nitrogens with one attached hydrogen (secondary N) is 3. The molecule has 0 aliphatic carbocycles. The summed E-state index contributed by atoms with van der Waals surface area (Å²) in [6.07, 6.45) is 7.37. The van der Waals surface area contributed by atoms with Gasteiger partial charge in [0.25, 0.3) is 0 Å². The second-order valence-corrected chi connectivity index (χ2v) is 9.25. The van der Waals surface area contributed by atoms with Crippen LogP contribution in [-0.4, -0.2) is 81.0 Å². The van der Waals surface area contributed by atoms with Gasteiger partial charge < -0.3 is 25.4 Å². The Labute approximate surface area is 192 Å². The Hall–Kier alpha value is -3.53. The van der Waals surface area contributed by atoms with E-state index < -0.39 is 0 Å². The number of hydrogen-bond acceptors (Lipinski definition) is 8. The van der Waals surface area contributed by atoms with Crippen molar-refractivity contribution in [2.45, 2.75) is 19.4 Å². The molecule has 1 saturated heterocycles. The number of imidazole rings is 1. The first-order valence-corrected chi connectivity index (χ1v) is 11.2.